The zero-order valence-corrected chi connectivity index (χ0v) is 16.6. The molecule has 1 fully saturated rings. The SMILES string of the molecule is O=C(O)c1ccc(CN2CCN(CC(=O)N3CCCc4ccccc43)CC2)cc1. The number of anilines is 1. The molecule has 2 heterocycles. The predicted octanol–water partition coefficient (Wildman–Crippen LogP) is 2.48. The Morgan fingerprint density at radius 3 is 2.28 bits per heavy atom. The van der Waals surface area contributed by atoms with Crippen LogP contribution in [0.15, 0.2) is 48.5 Å². The third-order valence-electron chi connectivity index (χ3n) is 5.84. The molecule has 152 valence electrons. The number of fused-ring (bicyclic) bond motifs is 1. The summed E-state index contributed by atoms with van der Waals surface area (Å²) in [5, 5.41) is 9.00. The number of nitrogens with zero attached hydrogens (tertiary/aromatic N) is 3. The topological polar surface area (TPSA) is 64.1 Å². The Morgan fingerprint density at radius 2 is 1.55 bits per heavy atom. The highest BCUT2D eigenvalue weighted by molar-refractivity contribution is 5.96. The number of piperazine rings is 1. The van der Waals surface area contributed by atoms with Crippen molar-refractivity contribution in [3.05, 3.63) is 65.2 Å². The van der Waals surface area contributed by atoms with Crippen LogP contribution in [0.25, 0.3) is 0 Å². The maximum atomic E-state index is 12.9. The van der Waals surface area contributed by atoms with Crippen molar-refractivity contribution < 1.29 is 14.7 Å². The molecule has 2 aromatic rings. The Morgan fingerprint density at radius 1 is 0.862 bits per heavy atom. The molecular weight excluding hydrogens is 366 g/mol. The lowest BCUT2D eigenvalue weighted by molar-refractivity contribution is -0.120. The first kappa shape index (κ1) is 19.6. The molecule has 2 aromatic carbocycles. The van der Waals surface area contributed by atoms with Crippen LogP contribution in [0.5, 0.6) is 0 Å². The summed E-state index contributed by atoms with van der Waals surface area (Å²) in [5.74, 6) is -0.707. The van der Waals surface area contributed by atoms with Crippen molar-refractivity contribution in [1.82, 2.24) is 9.80 Å². The van der Waals surface area contributed by atoms with Crippen LogP contribution in [0.4, 0.5) is 5.69 Å². The lowest BCUT2D eigenvalue weighted by Crippen LogP contribution is -2.50. The summed E-state index contributed by atoms with van der Waals surface area (Å²) in [6.07, 6.45) is 2.07. The smallest absolute Gasteiger partial charge is 0.335 e. The molecule has 0 aromatic heterocycles. The van der Waals surface area contributed by atoms with E-state index in [1.54, 1.807) is 12.1 Å². The predicted molar refractivity (Wildman–Crippen MR) is 112 cm³/mol. The van der Waals surface area contributed by atoms with Gasteiger partial charge in [0.25, 0.3) is 0 Å². The zero-order valence-electron chi connectivity index (χ0n) is 16.6. The third kappa shape index (κ3) is 4.66. The first-order valence-corrected chi connectivity index (χ1v) is 10.3. The van der Waals surface area contributed by atoms with Crippen LogP contribution in [0.1, 0.15) is 27.9 Å². The highest BCUT2D eigenvalue weighted by Crippen LogP contribution is 2.26. The van der Waals surface area contributed by atoms with Gasteiger partial charge in [-0.3, -0.25) is 14.6 Å². The largest absolute Gasteiger partial charge is 0.478 e. The molecule has 4 rings (SSSR count). The number of hydrogen-bond acceptors (Lipinski definition) is 4. The molecule has 0 bridgehead atoms. The summed E-state index contributed by atoms with van der Waals surface area (Å²) < 4.78 is 0. The van der Waals surface area contributed by atoms with Crippen molar-refractivity contribution in [3.8, 4) is 0 Å². The number of carboxylic acids is 1. The van der Waals surface area contributed by atoms with Crippen molar-refractivity contribution in [2.24, 2.45) is 0 Å². The number of benzene rings is 2. The van der Waals surface area contributed by atoms with Gasteiger partial charge in [0.2, 0.25) is 5.91 Å². The minimum atomic E-state index is -0.897. The molecule has 1 amide bonds. The maximum absolute atomic E-state index is 12.9. The Labute approximate surface area is 171 Å². The van der Waals surface area contributed by atoms with Gasteiger partial charge in [-0.1, -0.05) is 30.3 Å². The van der Waals surface area contributed by atoms with Crippen molar-refractivity contribution in [2.75, 3.05) is 44.2 Å². The summed E-state index contributed by atoms with van der Waals surface area (Å²) in [4.78, 5) is 30.4. The standard InChI is InChI=1S/C23H27N3O3/c27-22(26-11-3-5-19-4-1-2-6-21(19)26)17-25-14-12-24(13-15-25)16-18-7-9-20(10-8-18)23(28)29/h1-2,4,6-10H,3,5,11-17H2,(H,28,29). The summed E-state index contributed by atoms with van der Waals surface area (Å²) in [7, 11) is 0. The first-order valence-electron chi connectivity index (χ1n) is 10.3. The number of para-hydroxylation sites is 1. The second kappa shape index (κ2) is 8.76. The molecule has 0 spiro atoms. The number of carbonyl (C=O) groups is 2. The summed E-state index contributed by atoms with van der Waals surface area (Å²) in [6.45, 7) is 5.64. The summed E-state index contributed by atoms with van der Waals surface area (Å²) >= 11 is 0. The van der Waals surface area contributed by atoms with Crippen molar-refractivity contribution >= 4 is 17.6 Å². The van der Waals surface area contributed by atoms with Crippen molar-refractivity contribution in [3.63, 3.8) is 0 Å². The summed E-state index contributed by atoms with van der Waals surface area (Å²) in [6, 6.07) is 15.3. The van der Waals surface area contributed by atoms with Gasteiger partial charge in [-0.05, 0) is 42.2 Å². The van der Waals surface area contributed by atoms with Crippen LogP contribution in [0, 0.1) is 0 Å². The van der Waals surface area contributed by atoms with Gasteiger partial charge in [0.1, 0.15) is 0 Å². The Kier molecular flexibility index (Phi) is 5.92. The molecule has 1 saturated heterocycles. The van der Waals surface area contributed by atoms with Crippen LogP contribution < -0.4 is 4.90 Å². The first-order chi connectivity index (χ1) is 14.1. The Hall–Kier alpha value is -2.70. The quantitative estimate of drug-likeness (QED) is 0.846. The fourth-order valence-corrected chi connectivity index (χ4v) is 4.19. The zero-order chi connectivity index (χ0) is 20.2. The fourth-order valence-electron chi connectivity index (χ4n) is 4.19. The van der Waals surface area contributed by atoms with Crippen molar-refractivity contribution in [1.29, 1.82) is 0 Å². The molecule has 2 aliphatic rings. The number of carboxylic acid groups (broad SMARTS) is 1. The average molecular weight is 393 g/mol. The average Bonchev–Trinajstić information content (AvgIpc) is 2.75. The minimum Gasteiger partial charge on any atom is -0.478 e. The van der Waals surface area contributed by atoms with Gasteiger partial charge in [0.05, 0.1) is 12.1 Å². The van der Waals surface area contributed by atoms with Gasteiger partial charge in [-0.25, -0.2) is 4.79 Å². The van der Waals surface area contributed by atoms with Gasteiger partial charge < -0.3 is 10.0 Å². The molecule has 29 heavy (non-hydrogen) atoms. The van der Waals surface area contributed by atoms with Gasteiger partial charge in [-0.15, -0.1) is 0 Å². The molecule has 2 aliphatic heterocycles. The van der Waals surface area contributed by atoms with E-state index in [1.165, 1.54) is 5.56 Å². The molecule has 0 radical (unpaired) electrons. The third-order valence-corrected chi connectivity index (χ3v) is 5.84. The molecule has 0 saturated carbocycles. The van der Waals surface area contributed by atoms with Crippen LogP contribution in [0.2, 0.25) is 0 Å². The number of rotatable bonds is 5. The highest BCUT2D eigenvalue weighted by atomic mass is 16.4. The minimum absolute atomic E-state index is 0.190. The number of aromatic carboxylic acids is 1. The molecule has 6 heteroatoms. The van der Waals surface area contributed by atoms with E-state index in [0.717, 1.165) is 63.4 Å². The van der Waals surface area contributed by atoms with Crippen molar-refractivity contribution in [2.45, 2.75) is 19.4 Å². The lowest BCUT2D eigenvalue weighted by Gasteiger charge is -2.36. The highest BCUT2D eigenvalue weighted by Gasteiger charge is 2.25. The summed E-state index contributed by atoms with van der Waals surface area (Å²) in [5.41, 5.74) is 3.78. The van der Waals surface area contributed by atoms with E-state index in [-0.39, 0.29) is 5.91 Å². The van der Waals surface area contributed by atoms with Gasteiger partial charge in [-0.2, -0.15) is 0 Å². The van der Waals surface area contributed by atoms with E-state index < -0.39 is 5.97 Å². The van der Waals surface area contributed by atoms with Crippen LogP contribution in [0.3, 0.4) is 0 Å². The van der Waals surface area contributed by atoms with E-state index in [2.05, 4.69) is 21.9 Å². The number of hydrogen-bond donors (Lipinski definition) is 1. The lowest BCUT2D eigenvalue weighted by atomic mass is 10.0. The molecule has 0 unspecified atom stereocenters. The van der Waals surface area contributed by atoms with Gasteiger partial charge in [0, 0.05) is 45.0 Å². The second-order valence-corrected chi connectivity index (χ2v) is 7.83. The Balaban J connectivity index is 1.28. The van der Waals surface area contributed by atoms with Crippen LogP contribution in [-0.2, 0) is 17.8 Å². The van der Waals surface area contributed by atoms with Gasteiger partial charge >= 0.3 is 5.97 Å². The monoisotopic (exact) mass is 393 g/mol. The van der Waals surface area contributed by atoms with E-state index in [0.29, 0.717) is 12.1 Å². The van der Waals surface area contributed by atoms with E-state index in [1.807, 2.05) is 29.2 Å². The fraction of sp³-hybridized carbons (Fsp3) is 0.391. The van der Waals surface area contributed by atoms with Crippen LogP contribution in [-0.4, -0.2) is 66.1 Å². The molecular formula is C23H27N3O3. The normalized spacial score (nSPS) is 17.7. The molecule has 1 N–H and O–H groups in total. The number of amides is 1. The van der Waals surface area contributed by atoms with Crippen LogP contribution >= 0.6 is 0 Å². The second-order valence-electron chi connectivity index (χ2n) is 7.83. The number of carbonyl (C=O) groups excluding carboxylic acids is 1. The molecule has 0 atom stereocenters. The van der Waals surface area contributed by atoms with Gasteiger partial charge in [0.15, 0.2) is 0 Å². The molecule has 0 aliphatic carbocycles. The molecule has 6 nitrogen and oxygen atoms in total. The van der Waals surface area contributed by atoms with E-state index >= 15 is 0 Å². The maximum Gasteiger partial charge on any atom is 0.335 e. The number of aryl methyl sites for hydroxylation is 1. The van der Waals surface area contributed by atoms with E-state index in [9.17, 15) is 9.59 Å². The Bertz CT molecular complexity index is 873. The van der Waals surface area contributed by atoms with E-state index in [4.69, 9.17) is 5.11 Å².